The predicted molar refractivity (Wildman–Crippen MR) is 141 cm³/mol. The summed E-state index contributed by atoms with van der Waals surface area (Å²) in [4.78, 5) is 46.1. The number of thioether (sulfide) groups is 1. The van der Waals surface area contributed by atoms with Gasteiger partial charge in [0.2, 0.25) is 11.8 Å². The Morgan fingerprint density at radius 2 is 1.86 bits per heavy atom. The molecule has 2 aliphatic heterocycles. The Balaban J connectivity index is 1.19. The second-order valence-corrected chi connectivity index (χ2v) is 10.9. The molecular weight excluding hydrogens is 498 g/mol. The van der Waals surface area contributed by atoms with Crippen LogP contribution >= 0.6 is 11.8 Å². The van der Waals surface area contributed by atoms with Gasteiger partial charge in [-0.2, -0.15) is 11.8 Å². The van der Waals surface area contributed by atoms with Crippen molar-refractivity contribution < 1.29 is 24.4 Å². The van der Waals surface area contributed by atoms with Gasteiger partial charge in [-0.05, 0) is 44.2 Å². The van der Waals surface area contributed by atoms with E-state index in [0.29, 0.717) is 36.6 Å². The van der Waals surface area contributed by atoms with E-state index < -0.39 is 11.0 Å². The molecule has 0 aliphatic carbocycles. The lowest BCUT2D eigenvalue weighted by molar-refractivity contribution is -0.386. The van der Waals surface area contributed by atoms with Gasteiger partial charge in [0.15, 0.2) is 0 Å². The van der Waals surface area contributed by atoms with Gasteiger partial charge >= 0.3 is 6.03 Å². The molecule has 2 aliphatic rings. The molecule has 4 amide bonds. The summed E-state index contributed by atoms with van der Waals surface area (Å²) in [6.45, 7) is 2.29. The molecule has 0 radical (unpaired) electrons. The van der Waals surface area contributed by atoms with Gasteiger partial charge in [-0.15, -0.1) is 0 Å². The number of carbonyl (C=O) groups is 3. The van der Waals surface area contributed by atoms with Crippen LogP contribution in [0.1, 0.15) is 75.5 Å². The number of unbranched alkanes of at least 4 members (excludes halogenated alkanes) is 3. The summed E-state index contributed by atoms with van der Waals surface area (Å²) in [6.07, 6.45) is 4.98. The number of nitrogens with zero attached hydrogens (tertiary/aromatic N) is 1. The third-order valence-corrected chi connectivity index (χ3v) is 8.22. The van der Waals surface area contributed by atoms with Crippen LogP contribution in [0.15, 0.2) is 18.2 Å². The number of aliphatic hydroxyl groups is 1. The number of benzene rings is 1. The van der Waals surface area contributed by atoms with Crippen molar-refractivity contribution in [3.8, 4) is 0 Å². The molecule has 12 heteroatoms. The number of amides is 4. The molecule has 0 saturated carbocycles. The summed E-state index contributed by atoms with van der Waals surface area (Å²) in [5.41, 5.74) is 0.767. The molecule has 204 valence electrons. The molecule has 11 nitrogen and oxygen atoms in total. The maximum atomic E-state index is 12.1. The molecule has 5 N–H and O–H groups in total. The lowest BCUT2D eigenvalue weighted by Crippen LogP contribution is -2.36. The molecule has 2 saturated heterocycles. The van der Waals surface area contributed by atoms with Crippen LogP contribution in [-0.4, -0.2) is 57.5 Å². The van der Waals surface area contributed by atoms with Crippen molar-refractivity contribution in [2.75, 3.05) is 12.3 Å². The van der Waals surface area contributed by atoms with Crippen LogP contribution in [0.3, 0.4) is 0 Å². The summed E-state index contributed by atoms with van der Waals surface area (Å²) in [7, 11) is 0. The molecule has 1 aromatic rings. The van der Waals surface area contributed by atoms with Gasteiger partial charge in [0, 0.05) is 43.0 Å². The monoisotopic (exact) mass is 535 g/mol. The van der Waals surface area contributed by atoms with E-state index in [1.165, 1.54) is 13.0 Å². The zero-order valence-electron chi connectivity index (χ0n) is 21.2. The predicted octanol–water partition coefficient (Wildman–Crippen LogP) is 2.67. The van der Waals surface area contributed by atoms with Crippen LogP contribution < -0.4 is 21.3 Å². The lowest BCUT2D eigenvalue weighted by Gasteiger charge is -2.16. The maximum absolute atomic E-state index is 12.1. The topological polar surface area (TPSA) is 163 Å². The average molecular weight is 536 g/mol. The van der Waals surface area contributed by atoms with E-state index >= 15 is 0 Å². The van der Waals surface area contributed by atoms with Crippen molar-refractivity contribution >= 4 is 35.3 Å². The quantitative estimate of drug-likeness (QED) is 0.0997. The molecule has 4 atom stereocenters. The fourth-order valence-electron chi connectivity index (χ4n) is 4.68. The van der Waals surface area contributed by atoms with E-state index in [-0.39, 0.29) is 47.7 Å². The highest BCUT2D eigenvalue weighted by molar-refractivity contribution is 8.00. The molecule has 0 spiro atoms. The highest BCUT2D eigenvalue weighted by Gasteiger charge is 2.42. The number of nitro benzene ring substituents is 1. The Morgan fingerprint density at radius 1 is 1.14 bits per heavy atom. The van der Waals surface area contributed by atoms with Crippen molar-refractivity contribution in [1.82, 2.24) is 21.3 Å². The smallest absolute Gasteiger partial charge is 0.315 e. The first-order chi connectivity index (χ1) is 17.7. The van der Waals surface area contributed by atoms with Gasteiger partial charge in [0.25, 0.3) is 5.69 Å². The van der Waals surface area contributed by atoms with Gasteiger partial charge in [0.05, 0.1) is 28.7 Å². The minimum absolute atomic E-state index is 0.0465. The summed E-state index contributed by atoms with van der Waals surface area (Å²) in [5.74, 6) is 0.881. The zero-order chi connectivity index (χ0) is 26.8. The van der Waals surface area contributed by atoms with Crippen LogP contribution in [0.4, 0.5) is 10.5 Å². The highest BCUT2D eigenvalue weighted by Crippen LogP contribution is 2.33. The fourth-order valence-corrected chi connectivity index (χ4v) is 6.23. The third-order valence-electron chi connectivity index (χ3n) is 6.71. The third kappa shape index (κ3) is 8.89. The molecule has 37 heavy (non-hydrogen) atoms. The molecule has 2 fully saturated rings. The van der Waals surface area contributed by atoms with Crippen LogP contribution in [0.25, 0.3) is 0 Å². The number of nitrogens with one attached hydrogen (secondary N) is 4. The number of carbonyl (C=O) groups excluding carboxylic acids is 3. The van der Waals surface area contributed by atoms with E-state index in [4.69, 9.17) is 0 Å². The number of hydrogen-bond acceptors (Lipinski definition) is 7. The average Bonchev–Trinajstić information content (AvgIpc) is 3.41. The van der Waals surface area contributed by atoms with Gasteiger partial charge in [0.1, 0.15) is 0 Å². The normalized spacial score (nSPS) is 21.0. The number of aliphatic hydroxyl groups excluding tert-OH is 1. The lowest BCUT2D eigenvalue weighted by atomic mass is 10.0. The van der Waals surface area contributed by atoms with Crippen molar-refractivity contribution in [1.29, 1.82) is 0 Å². The zero-order valence-corrected chi connectivity index (χ0v) is 22.0. The van der Waals surface area contributed by atoms with E-state index in [1.807, 2.05) is 11.8 Å². The standard InChI is InChI=1S/C25H37N5O6S/c1-16(31)18-13-17(10-11-20(18)30(35)36)14-27-23(33)8-3-2-6-12-26-22(32)9-5-4-7-21-24-19(15-37-21)28-25(34)29-24/h10-11,13,16,19,21,24,31H,2-9,12,14-15H2,1H3,(H,26,32)(H,27,33)(H2,28,29,34). The molecule has 0 bridgehead atoms. The minimum Gasteiger partial charge on any atom is -0.388 e. The molecule has 2 heterocycles. The van der Waals surface area contributed by atoms with Crippen molar-refractivity contribution in [3.63, 3.8) is 0 Å². The Bertz CT molecular complexity index is 975. The van der Waals surface area contributed by atoms with Gasteiger partial charge in [-0.1, -0.05) is 18.9 Å². The number of urea groups is 1. The Morgan fingerprint density at radius 3 is 2.59 bits per heavy atom. The van der Waals surface area contributed by atoms with Crippen LogP contribution in [0.5, 0.6) is 0 Å². The number of fused-ring (bicyclic) bond motifs is 1. The first-order valence-corrected chi connectivity index (χ1v) is 14.0. The Kier molecular flexibility index (Phi) is 11.0. The van der Waals surface area contributed by atoms with E-state index in [2.05, 4.69) is 21.3 Å². The van der Waals surface area contributed by atoms with E-state index in [0.717, 1.165) is 37.9 Å². The van der Waals surface area contributed by atoms with Crippen LogP contribution in [0, 0.1) is 10.1 Å². The molecule has 0 aromatic heterocycles. The number of rotatable bonds is 15. The maximum Gasteiger partial charge on any atom is 0.315 e. The first-order valence-electron chi connectivity index (χ1n) is 12.9. The van der Waals surface area contributed by atoms with Gasteiger partial charge in [-0.25, -0.2) is 4.79 Å². The van der Waals surface area contributed by atoms with Crippen LogP contribution in [0.2, 0.25) is 0 Å². The summed E-state index contributed by atoms with van der Waals surface area (Å²) in [6, 6.07) is 4.82. The second-order valence-electron chi connectivity index (χ2n) is 9.63. The van der Waals surface area contributed by atoms with Gasteiger partial charge in [-0.3, -0.25) is 19.7 Å². The fraction of sp³-hybridized carbons (Fsp3) is 0.640. The van der Waals surface area contributed by atoms with Crippen molar-refractivity contribution in [3.05, 3.63) is 39.4 Å². The molecule has 3 rings (SSSR count). The Labute approximate surface area is 221 Å². The summed E-state index contributed by atoms with van der Waals surface area (Å²) >= 11 is 1.89. The minimum atomic E-state index is -0.976. The number of nitro groups is 1. The van der Waals surface area contributed by atoms with E-state index in [1.54, 1.807) is 12.1 Å². The summed E-state index contributed by atoms with van der Waals surface area (Å²) < 4.78 is 0. The molecule has 4 unspecified atom stereocenters. The van der Waals surface area contributed by atoms with Gasteiger partial charge < -0.3 is 26.4 Å². The first kappa shape index (κ1) is 28.7. The van der Waals surface area contributed by atoms with Crippen LogP contribution in [-0.2, 0) is 16.1 Å². The molecule has 1 aromatic carbocycles. The largest absolute Gasteiger partial charge is 0.388 e. The SMILES string of the molecule is CC(O)c1cc(CNC(=O)CCCCCNC(=O)CCCCC2SCC3NC(=O)NC32)ccc1[N+](=O)[O-]. The van der Waals surface area contributed by atoms with Crippen molar-refractivity contribution in [2.45, 2.75) is 88.3 Å². The summed E-state index contributed by atoms with van der Waals surface area (Å²) in [5, 5.41) is 32.9. The van der Waals surface area contributed by atoms with E-state index in [9.17, 15) is 29.6 Å². The molecular formula is C25H37N5O6S. The van der Waals surface area contributed by atoms with Crippen molar-refractivity contribution in [2.24, 2.45) is 0 Å². The Hall–Kier alpha value is -2.86. The highest BCUT2D eigenvalue weighted by atomic mass is 32.2. The second kappa shape index (κ2) is 14.2. The number of hydrogen-bond donors (Lipinski definition) is 5.